The van der Waals surface area contributed by atoms with Crippen molar-refractivity contribution in [1.29, 1.82) is 0 Å². The summed E-state index contributed by atoms with van der Waals surface area (Å²) in [4.78, 5) is 11.6. The third-order valence-corrected chi connectivity index (χ3v) is 3.07. The molecule has 0 unspecified atom stereocenters. The maximum absolute atomic E-state index is 13.6. The smallest absolute Gasteiger partial charge is 0.262 e. The second-order valence-corrected chi connectivity index (χ2v) is 4.83. The van der Waals surface area contributed by atoms with Gasteiger partial charge in [0.1, 0.15) is 11.6 Å². The fraction of sp³-hybridized carbons (Fsp3) is 0.0714. The first-order valence-corrected chi connectivity index (χ1v) is 6.54. The first-order valence-electron chi connectivity index (χ1n) is 5.79. The van der Waals surface area contributed by atoms with E-state index in [1.54, 1.807) is 0 Å². The Labute approximate surface area is 129 Å². The number of carbonyl (C=O) groups is 1. The van der Waals surface area contributed by atoms with Gasteiger partial charge in [-0.25, -0.2) is 8.78 Å². The third-order valence-electron chi connectivity index (χ3n) is 2.49. The molecule has 0 radical (unpaired) electrons. The Morgan fingerprint density at radius 3 is 2.62 bits per heavy atom. The normalized spacial score (nSPS) is 10.3. The van der Waals surface area contributed by atoms with Crippen molar-refractivity contribution in [3.05, 3.63) is 58.1 Å². The zero-order chi connectivity index (χ0) is 15.4. The predicted molar refractivity (Wildman–Crippen MR) is 76.9 cm³/mol. The van der Waals surface area contributed by atoms with Gasteiger partial charge >= 0.3 is 0 Å². The maximum Gasteiger partial charge on any atom is 0.262 e. The minimum Gasteiger partial charge on any atom is -0.484 e. The molecular formula is C14H9Cl2F2NO2. The molecule has 0 bridgehead atoms. The summed E-state index contributed by atoms with van der Waals surface area (Å²) in [6.45, 7) is -0.381. The number of amides is 1. The van der Waals surface area contributed by atoms with E-state index in [9.17, 15) is 13.6 Å². The van der Waals surface area contributed by atoms with Crippen LogP contribution in [0.5, 0.6) is 5.75 Å². The average Bonchev–Trinajstić information content (AvgIpc) is 2.45. The number of carbonyl (C=O) groups excluding carboxylic acids is 1. The Hall–Kier alpha value is -1.85. The van der Waals surface area contributed by atoms with Gasteiger partial charge in [0, 0.05) is 6.07 Å². The molecule has 2 rings (SSSR count). The number of hydrogen-bond acceptors (Lipinski definition) is 2. The summed E-state index contributed by atoms with van der Waals surface area (Å²) in [7, 11) is 0. The Kier molecular flexibility index (Phi) is 4.98. The van der Waals surface area contributed by atoms with Gasteiger partial charge in [0.05, 0.1) is 15.7 Å². The molecule has 0 spiro atoms. The molecule has 2 aromatic rings. The molecule has 2 aromatic carbocycles. The lowest BCUT2D eigenvalue weighted by molar-refractivity contribution is -0.118. The summed E-state index contributed by atoms with van der Waals surface area (Å²) in [6, 6.07) is 7.92. The number of benzene rings is 2. The Morgan fingerprint density at radius 2 is 1.90 bits per heavy atom. The molecule has 0 aliphatic rings. The largest absolute Gasteiger partial charge is 0.484 e. The molecule has 0 saturated carbocycles. The van der Waals surface area contributed by atoms with E-state index in [1.165, 1.54) is 30.3 Å². The van der Waals surface area contributed by atoms with Crippen LogP contribution >= 0.6 is 23.2 Å². The molecule has 3 nitrogen and oxygen atoms in total. The number of nitrogens with one attached hydrogen (secondary N) is 1. The molecule has 7 heteroatoms. The van der Waals surface area contributed by atoms with Crippen LogP contribution in [0.1, 0.15) is 0 Å². The van der Waals surface area contributed by atoms with Crippen LogP contribution in [0.15, 0.2) is 36.4 Å². The van der Waals surface area contributed by atoms with Crippen molar-refractivity contribution in [3.63, 3.8) is 0 Å². The Balaban J connectivity index is 1.96. The maximum atomic E-state index is 13.6. The van der Waals surface area contributed by atoms with Crippen LogP contribution in [-0.4, -0.2) is 12.5 Å². The first kappa shape index (κ1) is 15.5. The van der Waals surface area contributed by atoms with Crippen LogP contribution in [0, 0.1) is 11.6 Å². The minimum atomic E-state index is -0.725. The second kappa shape index (κ2) is 6.74. The molecule has 0 heterocycles. The van der Waals surface area contributed by atoms with E-state index < -0.39 is 17.5 Å². The molecule has 0 atom stereocenters. The van der Waals surface area contributed by atoms with Gasteiger partial charge in [-0.1, -0.05) is 29.3 Å². The van der Waals surface area contributed by atoms with Crippen molar-refractivity contribution in [2.75, 3.05) is 11.9 Å². The van der Waals surface area contributed by atoms with E-state index in [1.807, 2.05) is 0 Å². The molecule has 1 N–H and O–H groups in total. The van der Waals surface area contributed by atoms with Crippen LogP contribution in [0.25, 0.3) is 0 Å². The van der Waals surface area contributed by atoms with Gasteiger partial charge < -0.3 is 10.1 Å². The van der Waals surface area contributed by atoms with Crippen LogP contribution in [0.2, 0.25) is 10.0 Å². The zero-order valence-electron chi connectivity index (χ0n) is 10.5. The molecule has 21 heavy (non-hydrogen) atoms. The highest BCUT2D eigenvalue weighted by molar-refractivity contribution is 6.31. The van der Waals surface area contributed by atoms with Crippen molar-refractivity contribution in [2.45, 2.75) is 0 Å². The standard InChI is InChI=1S/C14H9Cl2F2NO2/c15-9-2-1-3-12(14(9)18)19-13(20)7-21-8-4-5-11(17)10(16)6-8/h1-6H,7H2,(H,19,20). The van der Waals surface area contributed by atoms with Crippen LogP contribution in [-0.2, 0) is 4.79 Å². The monoisotopic (exact) mass is 331 g/mol. The molecule has 1 amide bonds. The van der Waals surface area contributed by atoms with Crippen molar-refractivity contribution < 1.29 is 18.3 Å². The highest BCUT2D eigenvalue weighted by Crippen LogP contribution is 2.23. The van der Waals surface area contributed by atoms with Crippen LogP contribution < -0.4 is 10.1 Å². The van der Waals surface area contributed by atoms with E-state index in [2.05, 4.69) is 5.32 Å². The topological polar surface area (TPSA) is 38.3 Å². The molecule has 0 aromatic heterocycles. The number of halogens is 4. The first-order chi connectivity index (χ1) is 9.97. The van der Waals surface area contributed by atoms with Gasteiger partial charge in [-0.15, -0.1) is 0 Å². The molecule has 0 saturated heterocycles. The van der Waals surface area contributed by atoms with E-state index in [0.29, 0.717) is 0 Å². The molecule has 0 aliphatic heterocycles. The summed E-state index contributed by atoms with van der Waals surface area (Å²) < 4.78 is 31.6. The summed E-state index contributed by atoms with van der Waals surface area (Å²) >= 11 is 11.2. The second-order valence-electron chi connectivity index (χ2n) is 4.01. The highest BCUT2D eigenvalue weighted by atomic mass is 35.5. The van der Waals surface area contributed by atoms with E-state index in [0.717, 1.165) is 6.07 Å². The lowest BCUT2D eigenvalue weighted by Crippen LogP contribution is -2.20. The van der Waals surface area contributed by atoms with Crippen molar-refractivity contribution in [2.24, 2.45) is 0 Å². The van der Waals surface area contributed by atoms with Crippen molar-refractivity contribution in [1.82, 2.24) is 0 Å². The van der Waals surface area contributed by atoms with Gasteiger partial charge in [0.15, 0.2) is 12.4 Å². The summed E-state index contributed by atoms with van der Waals surface area (Å²) in [5.74, 6) is -1.67. The van der Waals surface area contributed by atoms with Gasteiger partial charge in [-0.3, -0.25) is 4.79 Å². The van der Waals surface area contributed by atoms with E-state index in [-0.39, 0.29) is 28.1 Å². The van der Waals surface area contributed by atoms with Gasteiger partial charge in [0.25, 0.3) is 5.91 Å². The minimum absolute atomic E-state index is 0.0479. The quantitative estimate of drug-likeness (QED) is 0.907. The highest BCUT2D eigenvalue weighted by Gasteiger charge is 2.10. The van der Waals surface area contributed by atoms with Gasteiger partial charge in [-0.2, -0.15) is 0 Å². The van der Waals surface area contributed by atoms with Gasteiger partial charge in [-0.05, 0) is 24.3 Å². The summed E-state index contributed by atoms with van der Waals surface area (Å²) in [6.07, 6.45) is 0. The van der Waals surface area contributed by atoms with Crippen LogP contribution in [0.3, 0.4) is 0 Å². The van der Waals surface area contributed by atoms with Gasteiger partial charge in [0.2, 0.25) is 0 Å². The summed E-state index contributed by atoms with van der Waals surface area (Å²) in [5.41, 5.74) is -0.0479. The molecule has 0 fully saturated rings. The van der Waals surface area contributed by atoms with E-state index >= 15 is 0 Å². The SMILES string of the molecule is O=C(COc1ccc(F)c(Cl)c1)Nc1cccc(Cl)c1F. The fourth-order valence-electron chi connectivity index (χ4n) is 1.50. The van der Waals surface area contributed by atoms with Crippen molar-refractivity contribution in [3.8, 4) is 5.75 Å². The zero-order valence-corrected chi connectivity index (χ0v) is 12.0. The lowest BCUT2D eigenvalue weighted by atomic mass is 10.3. The lowest BCUT2D eigenvalue weighted by Gasteiger charge is -2.09. The third kappa shape index (κ3) is 4.06. The number of hydrogen-bond donors (Lipinski definition) is 1. The van der Waals surface area contributed by atoms with Crippen LogP contribution in [0.4, 0.5) is 14.5 Å². The average molecular weight is 332 g/mol. The van der Waals surface area contributed by atoms with E-state index in [4.69, 9.17) is 27.9 Å². The predicted octanol–water partition coefficient (Wildman–Crippen LogP) is 4.29. The number of anilines is 1. The summed E-state index contributed by atoms with van der Waals surface area (Å²) in [5, 5.41) is 2.10. The molecular weight excluding hydrogens is 323 g/mol. The number of ether oxygens (including phenoxy) is 1. The molecule has 110 valence electrons. The van der Waals surface area contributed by atoms with Crippen molar-refractivity contribution >= 4 is 34.8 Å². The fourth-order valence-corrected chi connectivity index (χ4v) is 1.85. The Morgan fingerprint density at radius 1 is 1.14 bits per heavy atom. The number of rotatable bonds is 4. The molecule has 0 aliphatic carbocycles. The Bertz CT molecular complexity index is 680.